The van der Waals surface area contributed by atoms with Gasteiger partial charge in [-0.15, -0.1) is 0 Å². The van der Waals surface area contributed by atoms with Gasteiger partial charge in [-0.05, 0) is 18.2 Å². The third-order valence-corrected chi connectivity index (χ3v) is 1.80. The lowest BCUT2D eigenvalue weighted by atomic mass is 10.2. The molecule has 0 amide bonds. The van der Waals surface area contributed by atoms with E-state index in [0.29, 0.717) is 0 Å². The molecule has 0 N–H and O–H groups in total. The molecule has 0 atom stereocenters. The number of hydrogen-bond acceptors (Lipinski definition) is 2. The second-order valence-corrected chi connectivity index (χ2v) is 2.73. The van der Waals surface area contributed by atoms with Crippen LogP contribution < -0.4 is 0 Å². The maximum absolute atomic E-state index is 12.5. The smallest absolute Gasteiger partial charge is 0.255 e. The van der Waals surface area contributed by atoms with Gasteiger partial charge >= 0.3 is 6.18 Å². The van der Waals surface area contributed by atoms with Crippen LogP contribution in [0.25, 0.3) is 11.0 Å². The van der Waals surface area contributed by atoms with Crippen molar-refractivity contribution in [3.63, 3.8) is 0 Å². The first kappa shape index (κ1) is 8.93. The number of aromatic nitrogens is 2. The van der Waals surface area contributed by atoms with E-state index in [9.17, 15) is 13.2 Å². The predicted molar refractivity (Wildman–Crippen MR) is 44.5 cm³/mol. The minimum absolute atomic E-state index is 0.109. The molecule has 2 rings (SSSR count). The van der Waals surface area contributed by atoms with Crippen molar-refractivity contribution >= 4 is 11.0 Å². The van der Waals surface area contributed by atoms with Gasteiger partial charge < -0.3 is 0 Å². The number of pyridine rings is 2. The van der Waals surface area contributed by atoms with E-state index in [1.54, 1.807) is 6.07 Å². The summed E-state index contributed by atoms with van der Waals surface area (Å²) in [7, 11) is 0. The first-order valence-corrected chi connectivity index (χ1v) is 3.86. The molecule has 0 aliphatic rings. The van der Waals surface area contributed by atoms with Crippen LogP contribution in [0.2, 0.25) is 0 Å². The third kappa shape index (κ3) is 1.41. The standard InChI is InChI=1S/C9H5F3N2/c10-9(11,12)6-3-5-13-7-2-1-4-14-8(6)7/h1-5H. The Balaban J connectivity index is 2.78. The Morgan fingerprint density at radius 1 is 1.00 bits per heavy atom. The molecule has 0 aromatic carbocycles. The van der Waals surface area contributed by atoms with Crippen LogP contribution in [0, 0.1) is 0 Å². The Morgan fingerprint density at radius 3 is 2.50 bits per heavy atom. The van der Waals surface area contributed by atoms with E-state index in [1.807, 2.05) is 0 Å². The fourth-order valence-electron chi connectivity index (χ4n) is 1.21. The molecular weight excluding hydrogens is 193 g/mol. The van der Waals surface area contributed by atoms with Crippen LogP contribution >= 0.6 is 0 Å². The summed E-state index contributed by atoms with van der Waals surface area (Å²) in [6.45, 7) is 0. The van der Waals surface area contributed by atoms with Crippen LogP contribution in [0.3, 0.4) is 0 Å². The molecule has 0 saturated carbocycles. The van der Waals surface area contributed by atoms with Crippen LogP contribution in [0.15, 0.2) is 30.6 Å². The maximum Gasteiger partial charge on any atom is 0.418 e. The van der Waals surface area contributed by atoms with Gasteiger partial charge in [-0.3, -0.25) is 9.97 Å². The zero-order chi connectivity index (χ0) is 10.2. The van der Waals surface area contributed by atoms with Crippen molar-refractivity contribution in [1.82, 2.24) is 9.97 Å². The molecule has 0 saturated heterocycles. The summed E-state index contributed by atoms with van der Waals surface area (Å²) in [6.07, 6.45) is -1.93. The lowest BCUT2D eigenvalue weighted by Gasteiger charge is -2.07. The zero-order valence-corrected chi connectivity index (χ0v) is 6.92. The monoisotopic (exact) mass is 198 g/mol. The van der Waals surface area contributed by atoms with Crippen LogP contribution in [-0.2, 0) is 6.18 Å². The Bertz CT molecular complexity index is 460. The molecule has 0 unspecified atom stereocenters. The van der Waals surface area contributed by atoms with E-state index in [0.717, 1.165) is 12.3 Å². The van der Waals surface area contributed by atoms with Crippen molar-refractivity contribution in [1.29, 1.82) is 0 Å². The highest BCUT2D eigenvalue weighted by Gasteiger charge is 2.33. The van der Waals surface area contributed by atoms with E-state index >= 15 is 0 Å². The fraction of sp³-hybridized carbons (Fsp3) is 0.111. The minimum Gasteiger partial charge on any atom is -0.255 e. The molecule has 0 aliphatic carbocycles. The molecule has 2 nitrogen and oxygen atoms in total. The van der Waals surface area contributed by atoms with Crippen molar-refractivity contribution in [3.8, 4) is 0 Å². The van der Waals surface area contributed by atoms with Crippen molar-refractivity contribution in [3.05, 3.63) is 36.2 Å². The zero-order valence-electron chi connectivity index (χ0n) is 6.92. The van der Waals surface area contributed by atoms with Gasteiger partial charge in [0.05, 0.1) is 11.1 Å². The van der Waals surface area contributed by atoms with E-state index in [2.05, 4.69) is 9.97 Å². The number of nitrogens with zero attached hydrogens (tertiary/aromatic N) is 2. The minimum atomic E-state index is -4.38. The summed E-state index contributed by atoms with van der Waals surface area (Å²) in [5.41, 5.74) is -0.604. The maximum atomic E-state index is 12.5. The van der Waals surface area contributed by atoms with E-state index in [4.69, 9.17) is 0 Å². The van der Waals surface area contributed by atoms with Gasteiger partial charge in [0.15, 0.2) is 0 Å². The first-order chi connectivity index (χ1) is 6.59. The van der Waals surface area contributed by atoms with Crippen LogP contribution in [0.4, 0.5) is 13.2 Å². The van der Waals surface area contributed by atoms with Crippen molar-refractivity contribution in [2.75, 3.05) is 0 Å². The summed E-state index contributed by atoms with van der Waals surface area (Å²) >= 11 is 0. The van der Waals surface area contributed by atoms with Gasteiger partial charge in [0, 0.05) is 12.4 Å². The highest BCUT2D eigenvalue weighted by Crippen LogP contribution is 2.32. The SMILES string of the molecule is FC(F)(F)c1ccnc2cccnc12. The van der Waals surface area contributed by atoms with E-state index in [1.165, 1.54) is 12.3 Å². The average Bonchev–Trinajstić information content (AvgIpc) is 2.15. The number of halogens is 3. The van der Waals surface area contributed by atoms with E-state index in [-0.39, 0.29) is 11.0 Å². The molecular formula is C9H5F3N2. The topological polar surface area (TPSA) is 25.8 Å². The van der Waals surface area contributed by atoms with Crippen LogP contribution in [-0.4, -0.2) is 9.97 Å². The average molecular weight is 198 g/mol. The molecule has 5 heteroatoms. The molecule has 2 aromatic rings. The molecule has 0 spiro atoms. The Hall–Kier alpha value is -1.65. The van der Waals surface area contributed by atoms with Gasteiger partial charge in [0.1, 0.15) is 5.52 Å². The number of hydrogen-bond donors (Lipinski definition) is 0. The Kier molecular flexibility index (Phi) is 1.87. The van der Waals surface area contributed by atoms with Gasteiger partial charge in [-0.1, -0.05) is 0 Å². The molecule has 14 heavy (non-hydrogen) atoms. The van der Waals surface area contributed by atoms with Gasteiger partial charge in [-0.2, -0.15) is 13.2 Å². The van der Waals surface area contributed by atoms with Crippen molar-refractivity contribution < 1.29 is 13.2 Å². The van der Waals surface area contributed by atoms with E-state index < -0.39 is 11.7 Å². The third-order valence-electron chi connectivity index (χ3n) is 1.80. The number of fused-ring (bicyclic) bond motifs is 1. The molecule has 0 aliphatic heterocycles. The lowest BCUT2D eigenvalue weighted by Crippen LogP contribution is -2.06. The van der Waals surface area contributed by atoms with Gasteiger partial charge in [0.25, 0.3) is 0 Å². The highest BCUT2D eigenvalue weighted by molar-refractivity contribution is 5.77. The van der Waals surface area contributed by atoms with Gasteiger partial charge in [-0.25, -0.2) is 0 Å². The summed E-state index contributed by atoms with van der Waals surface area (Å²) in [5, 5.41) is 0. The van der Waals surface area contributed by atoms with Crippen LogP contribution in [0.1, 0.15) is 5.56 Å². The molecule has 0 bridgehead atoms. The summed E-state index contributed by atoms with van der Waals surface area (Å²) in [4.78, 5) is 7.46. The Morgan fingerprint density at radius 2 is 1.79 bits per heavy atom. The molecule has 72 valence electrons. The number of rotatable bonds is 0. The normalized spacial score (nSPS) is 11.9. The summed E-state index contributed by atoms with van der Waals surface area (Å²) < 4.78 is 37.4. The quantitative estimate of drug-likeness (QED) is 0.650. The first-order valence-electron chi connectivity index (χ1n) is 3.86. The molecule has 0 fully saturated rings. The second kappa shape index (κ2) is 2.94. The highest BCUT2D eigenvalue weighted by atomic mass is 19.4. The molecule has 2 heterocycles. The number of alkyl halides is 3. The largest absolute Gasteiger partial charge is 0.418 e. The molecule has 2 aromatic heterocycles. The fourth-order valence-corrected chi connectivity index (χ4v) is 1.21. The Labute approximate surface area is 77.4 Å². The van der Waals surface area contributed by atoms with Crippen molar-refractivity contribution in [2.45, 2.75) is 6.18 Å². The predicted octanol–water partition coefficient (Wildman–Crippen LogP) is 2.65. The van der Waals surface area contributed by atoms with Crippen molar-refractivity contribution in [2.24, 2.45) is 0 Å². The van der Waals surface area contributed by atoms with Gasteiger partial charge in [0.2, 0.25) is 0 Å². The second-order valence-electron chi connectivity index (χ2n) is 2.73. The summed E-state index contributed by atoms with van der Waals surface area (Å²) in [6, 6.07) is 3.97. The summed E-state index contributed by atoms with van der Waals surface area (Å²) in [5.74, 6) is 0. The molecule has 0 radical (unpaired) electrons. The lowest BCUT2D eigenvalue weighted by molar-refractivity contribution is -0.136. The van der Waals surface area contributed by atoms with Crippen LogP contribution in [0.5, 0.6) is 0 Å².